The van der Waals surface area contributed by atoms with Crippen molar-refractivity contribution in [3.05, 3.63) is 138 Å². The third-order valence-corrected chi connectivity index (χ3v) is 10.1. The van der Waals surface area contributed by atoms with Crippen LogP contribution >= 0.6 is 11.3 Å². The van der Waals surface area contributed by atoms with Crippen LogP contribution in [-0.4, -0.2) is 10.5 Å². The quantitative estimate of drug-likeness (QED) is 0.214. The van der Waals surface area contributed by atoms with E-state index in [-0.39, 0.29) is 6.04 Å². The summed E-state index contributed by atoms with van der Waals surface area (Å²) in [5.74, 6) is 0.826. The van der Waals surface area contributed by atoms with Gasteiger partial charge in [-0.1, -0.05) is 91.0 Å². The standard InChI is InChI=1S/C38H23N3OS/c1-2-11-23-21-30-28(20-22(23)10-1)24-12-3-6-16-29(24)41(30)38-39-35-26-14-5-8-19-33(26)43-37(35)36(40-38)27-15-9-18-32-34(27)25-13-4-7-17-31(25)42-32/h1-21,36H,(H,39,40). The van der Waals surface area contributed by atoms with Gasteiger partial charge in [0.25, 0.3) is 0 Å². The number of nitrogens with zero attached hydrogens (tertiary/aromatic N) is 2. The van der Waals surface area contributed by atoms with Crippen molar-refractivity contribution in [2.75, 3.05) is 0 Å². The molecule has 6 aromatic carbocycles. The fourth-order valence-corrected chi connectivity index (χ4v) is 8.17. The number of hydrogen-bond donors (Lipinski definition) is 1. The summed E-state index contributed by atoms with van der Waals surface area (Å²) in [4.78, 5) is 6.63. The van der Waals surface area contributed by atoms with E-state index >= 15 is 0 Å². The van der Waals surface area contributed by atoms with E-state index in [2.05, 4.69) is 125 Å². The molecule has 202 valence electrons. The summed E-state index contributed by atoms with van der Waals surface area (Å²) in [5.41, 5.74) is 6.30. The normalized spacial score (nSPS) is 15.1. The molecule has 9 aromatic rings. The molecule has 1 aliphatic heterocycles. The van der Waals surface area contributed by atoms with Gasteiger partial charge < -0.3 is 9.73 Å². The molecule has 0 amide bonds. The van der Waals surface area contributed by atoms with Crippen LogP contribution in [0.15, 0.2) is 137 Å². The second-order valence-corrected chi connectivity index (χ2v) is 12.3. The fourth-order valence-electron chi connectivity index (χ4n) is 6.95. The average molecular weight is 570 g/mol. The maximum absolute atomic E-state index is 6.33. The first-order valence-corrected chi connectivity index (χ1v) is 15.3. The van der Waals surface area contributed by atoms with Crippen molar-refractivity contribution in [2.24, 2.45) is 4.99 Å². The number of hydrogen-bond acceptors (Lipinski definition) is 4. The Morgan fingerprint density at radius 2 is 1.35 bits per heavy atom. The molecule has 1 aliphatic rings. The van der Waals surface area contributed by atoms with Gasteiger partial charge in [0, 0.05) is 31.6 Å². The number of rotatable bonds is 1. The molecule has 1 N–H and O–H groups in total. The molecule has 0 radical (unpaired) electrons. The van der Waals surface area contributed by atoms with Gasteiger partial charge in [0.05, 0.1) is 27.6 Å². The number of nitrogens with one attached hydrogen (secondary N) is 1. The highest BCUT2D eigenvalue weighted by Crippen LogP contribution is 2.48. The predicted octanol–water partition coefficient (Wildman–Crippen LogP) is 10.3. The lowest BCUT2D eigenvalue weighted by Gasteiger charge is -2.27. The maximum Gasteiger partial charge on any atom is 0.209 e. The number of benzene rings is 6. The van der Waals surface area contributed by atoms with Crippen LogP contribution in [0.5, 0.6) is 0 Å². The zero-order chi connectivity index (χ0) is 28.1. The molecular formula is C38H23N3OS. The molecule has 1 atom stereocenters. The second-order valence-electron chi connectivity index (χ2n) is 11.2. The predicted molar refractivity (Wildman–Crippen MR) is 180 cm³/mol. The lowest BCUT2D eigenvalue weighted by atomic mass is 9.97. The van der Waals surface area contributed by atoms with E-state index in [0.29, 0.717) is 0 Å². The molecule has 0 fully saturated rings. The monoisotopic (exact) mass is 569 g/mol. The summed E-state index contributed by atoms with van der Waals surface area (Å²) in [6.45, 7) is 0. The van der Waals surface area contributed by atoms with Gasteiger partial charge >= 0.3 is 0 Å². The molecule has 0 spiro atoms. The minimum atomic E-state index is -0.110. The molecule has 5 heteroatoms. The molecular weight excluding hydrogens is 547 g/mol. The highest BCUT2D eigenvalue weighted by Gasteiger charge is 2.31. The van der Waals surface area contributed by atoms with E-state index in [1.807, 2.05) is 23.5 Å². The Labute approximate surface area is 250 Å². The smallest absolute Gasteiger partial charge is 0.209 e. The molecule has 43 heavy (non-hydrogen) atoms. The minimum absolute atomic E-state index is 0.110. The van der Waals surface area contributed by atoms with Crippen LogP contribution in [0, 0.1) is 0 Å². The SMILES string of the molecule is c1ccc2cc3c(cc2c1)c1ccccc1n3C1=Nc2c(sc3ccccc23)C(c2cccc3oc4ccccc4c23)N1. The number of fused-ring (bicyclic) bond motifs is 10. The van der Waals surface area contributed by atoms with Crippen LogP contribution in [0.25, 0.3) is 64.6 Å². The first-order valence-electron chi connectivity index (χ1n) is 14.5. The second kappa shape index (κ2) is 8.57. The molecule has 10 rings (SSSR count). The van der Waals surface area contributed by atoms with Crippen molar-refractivity contribution in [1.29, 1.82) is 0 Å². The van der Waals surface area contributed by atoms with Gasteiger partial charge in [0.1, 0.15) is 11.2 Å². The summed E-state index contributed by atoms with van der Waals surface area (Å²) < 4.78 is 9.88. The Hall–Kier alpha value is -5.39. The molecule has 4 heterocycles. The van der Waals surface area contributed by atoms with Crippen LogP contribution < -0.4 is 5.32 Å². The van der Waals surface area contributed by atoms with Gasteiger partial charge in [-0.05, 0) is 52.7 Å². The van der Waals surface area contributed by atoms with E-state index in [9.17, 15) is 0 Å². The Morgan fingerprint density at radius 3 is 2.26 bits per heavy atom. The van der Waals surface area contributed by atoms with Crippen LogP contribution in [0.3, 0.4) is 0 Å². The van der Waals surface area contributed by atoms with Crippen molar-refractivity contribution in [1.82, 2.24) is 9.88 Å². The van der Waals surface area contributed by atoms with Crippen molar-refractivity contribution >= 4 is 87.6 Å². The van der Waals surface area contributed by atoms with Crippen molar-refractivity contribution in [3.8, 4) is 0 Å². The summed E-state index contributed by atoms with van der Waals surface area (Å²) >= 11 is 1.82. The Bertz CT molecular complexity index is 2620. The highest BCUT2D eigenvalue weighted by atomic mass is 32.1. The van der Waals surface area contributed by atoms with Gasteiger partial charge in [-0.2, -0.15) is 0 Å². The molecule has 3 aromatic heterocycles. The van der Waals surface area contributed by atoms with Crippen LogP contribution in [-0.2, 0) is 0 Å². The largest absolute Gasteiger partial charge is 0.456 e. The van der Waals surface area contributed by atoms with Gasteiger partial charge in [0.2, 0.25) is 5.96 Å². The van der Waals surface area contributed by atoms with Crippen molar-refractivity contribution in [3.63, 3.8) is 0 Å². The first-order chi connectivity index (χ1) is 21.3. The Morgan fingerprint density at radius 1 is 0.628 bits per heavy atom. The average Bonchev–Trinajstić information content (AvgIpc) is 3.72. The molecule has 0 saturated carbocycles. The van der Waals surface area contributed by atoms with Crippen molar-refractivity contribution in [2.45, 2.75) is 6.04 Å². The zero-order valence-corrected chi connectivity index (χ0v) is 23.7. The topological polar surface area (TPSA) is 42.5 Å². The molecule has 1 unspecified atom stereocenters. The maximum atomic E-state index is 6.33. The summed E-state index contributed by atoms with van der Waals surface area (Å²) in [6, 6.07) is 45.1. The number of thiophene rings is 1. The Kier molecular flexibility index (Phi) is 4.62. The number of para-hydroxylation sites is 2. The minimum Gasteiger partial charge on any atom is -0.456 e. The van der Waals surface area contributed by atoms with E-state index in [4.69, 9.17) is 9.41 Å². The van der Waals surface area contributed by atoms with Gasteiger partial charge in [-0.25, -0.2) is 4.99 Å². The van der Waals surface area contributed by atoms with Gasteiger partial charge in [-0.3, -0.25) is 4.57 Å². The molecule has 4 nitrogen and oxygen atoms in total. The summed E-state index contributed by atoms with van der Waals surface area (Å²) in [7, 11) is 0. The van der Waals surface area contributed by atoms with E-state index < -0.39 is 0 Å². The first kappa shape index (κ1) is 23.2. The molecule has 0 aliphatic carbocycles. The third kappa shape index (κ3) is 3.23. The van der Waals surface area contributed by atoms with E-state index in [1.54, 1.807) is 0 Å². The summed E-state index contributed by atoms with van der Waals surface area (Å²) in [5, 5.41) is 12.3. The molecule has 0 bridgehead atoms. The lowest BCUT2D eigenvalue weighted by molar-refractivity contribution is 0.667. The highest BCUT2D eigenvalue weighted by molar-refractivity contribution is 7.19. The number of furan rings is 1. The zero-order valence-electron chi connectivity index (χ0n) is 22.9. The molecule has 0 saturated heterocycles. The lowest BCUT2D eigenvalue weighted by Crippen LogP contribution is -2.36. The van der Waals surface area contributed by atoms with E-state index in [0.717, 1.165) is 44.6 Å². The number of aliphatic imine (C=N–C) groups is 1. The van der Waals surface area contributed by atoms with E-state index in [1.165, 1.54) is 42.1 Å². The van der Waals surface area contributed by atoms with Gasteiger partial charge in [0.15, 0.2) is 0 Å². The Balaban J connectivity index is 1.30. The van der Waals surface area contributed by atoms with Crippen LogP contribution in [0.4, 0.5) is 5.69 Å². The van der Waals surface area contributed by atoms with Gasteiger partial charge in [-0.15, -0.1) is 11.3 Å². The van der Waals surface area contributed by atoms with Crippen LogP contribution in [0.2, 0.25) is 0 Å². The van der Waals surface area contributed by atoms with Crippen LogP contribution in [0.1, 0.15) is 16.5 Å². The summed E-state index contributed by atoms with van der Waals surface area (Å²) in [6.07, 6.45) is 0. The number of aromatic nitrogens is 1. The van der Waals surface area contributed by atoms with Crippen molar-refractivity contribution < 1.29 is 4.42 Å². The third-order valence-electron chi connectivity index (χ3n) is 8.85. The fraction of sp³-hybridized carbons (Fsp3) is 0.0263.